The van der Waals surface area contributed by atoms with Gasteiger partial charge < -0.3 is 10.1 Å². The van der Waals surface area contributed by atoms with Crippen LogP contribution in [0.2, 0.25) is 0 Å². The second-order valence-corrected chi connectivity index (χ2v) is 7.94. The molecule has 2 aromatic carbocycles. The van der Waals surface area contributed by atoms with E-state index in [-0.39, 0.29) is 12.3 Å². The van der Waals surface area contributed by atoms with Crippen molar-refractivity contribution in [1.29, 1.82) is 0 Å². The molecule has 2 aliphatic heterocycles. The fourth-order valence-corrected chi connectivity index (χ4v) is 4.14. The third-order valence-corrected chi connectivity index (χ3v) is 5.85. The number of aryl methyl sites for hydroxylation is 2. The number of non-ortho nitro benzene ring substituents is 1. The molecule has 8 heteroatoms. The maximum Gasteiger partial charge on any atom is 0.336 e. The lowest BCUT2D eigenvalue weighted by molar-refractivity contribution is -0.384. The largest absolute Gasteiger partial charge is 0.463 e. The summed E-state index contributed by atoms with van der Waals surface area (Å²) in [6.07, 6.45) is 1.77. The maximum absolute atomic E-state index is 12.9. The number of benzene rings is 2. The number of nitro benzene ring substituents is 1. The van der Waals surface area contributed by atoms with E-state index in [1.807, 2.05) is 26.0 Å². The van der Waals surface area contributed by atoms with Crippen molar-refractivity contribution in [2.45, 2.75) is 33.6 Å². The van der Waals surface area contributed by atoms with Crippen LogP contribution in [0.25, 0.3) is 0 Å². The van der Waals surface area contributed by atoms with Gasteiger partial charge in [0.15, 0.2) is 0 Å². The van der Waals surface area contributed by atoms with E-state index >= 15 is 0 Å². The number of carbonyl (C=O) groups is 1. The summed E-state index contributed by atoms with van der Waals surface area (Å²) < 4.78 is 5.33. The van der Waals surface area contributed by atoms with Gasteiger partial charge in [-0.25, -0.2) is 9.79 Å². The highest BCUT2D eigenvalue weighted by atomic mass is 16.6. The molecule has 0 bridgehead atoms. The first-order chi connectivity index (χ1) is 15.3. The maximum atomic E-state index is 12.9. The van der Waals surface area contributed by atoms with Crippen LogP contribution in [0.3, 0.4) is 0 Å². The van der Waals surface area contributed by atoms with Gasteiger partial charge >= 0.3 is 5.97 Å². The first-order valence-electron chi connectivity index (χ1n) is 10.4. The average molecular weight is 432 g/mol. The van der Waals surface area contributed by atoms with Crippen LogP contribution in [0.1, 0.15) is 36.5 Å². The summed E-state index contributed by atoms with van der Waals surface area (Å²) in [5.41, 5.74) is 5.30. The summed E-state index contributed by atoms with van der Waals surface area (Å²) in [4.78, 5) is 33.4. The zero-order valence-corrected chi connectivity index (χ0v) is 18.4. The smallest absolute Gasteiger partial charge is 0.336 e. The zero-order chi connectivity index (χ0) is 23.0. The SMILES string of the molecule is CCOC(=O)C1=C(C)NC2=Nc3cc(C)c(C)cc3N=CC2[C@H]1c1cccc([N+](=O)[O-])c1. The lowest BCUT2D eigenvalue weighted by Gasteiger charge is -2.33. The summed E-state index contributed by atoms with van der Waals surface area (Å²) in [7, 11) is 0. The van der Waals surface area contributed by atoms with Crippen molar-refractivity contribution in [1.82, 2.24) is 5.32 Å². The van der Waals surface area contributed by atoms with Crippen molar-refractivity contribution in [3.63, 3.8) is 0 Å². The predicted octanol–water partition coefficient (Wildman–Crippen LogP) is 4.80. The second-order valence-electron chi connectivity index (χ2n) is 7.94. The summed E-state index contributed by atoms with van der Waals surface area (Å²) in [6, 6.07) is 10.3. The quantitative estimate of drug-likeness (QED) is 0.424. The highest BCUT2D eigenvalue weighted by Crippen LogP contribution is 2.42. The number of aliphatic imine (C=N–C) groups is 2. The van der Waals surface area contributed by atoms with E-state index in [9.17, 15) is 14.9 Å². The fourth-order valence-electron chi connectivity index (χ4n) is 4.14. The number of esters is 1. The topological polar surface area (TPSA) is 106 Å². The Balaban J connectivity index is 1.91. The Morgan fingerprint density at radius 3 is 2.56 bits per heavy atom. The van der Waals surface area contributed by atoms with Crippen molar-refractivity contribution in [2.24, 2.45) is 15.9 Å². The van der Waals surface area contributed by atoms with E-state index in [0.717, 1.165) is 22.5 Å². The molecule has 0 spiro atoms. The summed E-state index contributed by atoms with van der Waals surface area (Å²) >= 11 is 0. The Bertz CT molecular complexity index is 1210. The molecule has 164 valence electrons. The van der Waals surface area contributed by atoms with Crippen LogP contribution >= 0.6 is 0 Å². The van der Waals surface area contributed by atoms with E-state index in [4.69, 9.17) is 9.73 Å². The van der Waals surface area contributed by atoms with Crippen LogP contribution in [0, 0.1) is 29.9 Å². The molecule has 1 unspecified atom stereocenters. The third kappa shape index (κ3) is 3.79. The first-order valence-corrected chi connectivity index (χ1v) is 10.4. The minimum Gasteiger partial charge on any atom is -0.463 e. The van der Waals surface area contributed by atoms with Crippen molar-refractivity contribution >= 4 is 35.1 Å². The van der Waals surface area contributed by atoms with Crippen LogP contribution < -0.4 is 5.32 Å². The molecule has 2 atom stereocenters. The van der Waals surface area contributed by atoms with Crippen LogP contribution in [-0.2, 0) is 9.53 Å². The molecule has 32 heavy (non-hydrogen) atoms. The Morgan fingerprint density at radius 1 is 1.16 bits per heavy atom. The van der Waals surface area contributed by atoms with Crippen molar-refractivity contribution in [3.05, 3.63) is 74.5 Å². The number of ether oxygens (including phenoxy) is 1. The average Bonchev–Trinajstić information content (AvgIpc) is 2.92. The Hall–Kier alpha value is -3.81. The van der Waals surface area contributed by atoms with Crippen LogP contribution in [0.15, 0.2) is 57.7 Å². The van der Waals surface area contributed by atoms with Gasteiger partial charge in [0.05, 0.1) is 34.4 Å². The van der Waals surface area contributed by atoms with Gasteiger partial charge in [0, 0.05) is 30.0 Å². The molecular weight excluding hydrogens is 408 g/mol. The molecule has 0 fully saturated rings. The number of allylic oxidation sites excluding steroid dienone is 1. The molecule has 8 nitrogen and oxygen atoms in total. The normalized spacial score (nSPS) is 19.3. The monoisotopic (exact) mass is 432 g/mol. The Morgan fingerprint density at radius 2 is 1.88 bits per heavy atom. The van der Waals surface area contributed by atoms with Gasteiger partial charge in [-0.2, -0.15) is 0 Å². The van der Waals surface area contributed by atoms with Crippen molar-refractivity contribution in [2.75, 3.05) is 6.61 Å². The molecule has 1 N–H and O–H groups in total. The Kier molecular flexibility index (Phi) is 5.61. The second kappa shape index (κ2) is 8.37. The van der Waals surface area contributed by atoms with E-state index < -0.39 is 22.7 Å². The number of amidine groups is 1. The number of rotatable bonds is 4. The number of hydrogen-bond donors (Lipinski definition) is 1. The van der Waals surface area contributed by atoms with Crippen molar-refractivity contribution in [3.8, 4) is 0 Å². The number of hydrogen-bond acceptors (Lipinski definition) is 7. The van der Waals surface area contributed by atoms with Gasteiger partial charge in [-0.3, -0.25) is 15.1 Å². The molecule has 0 aromatic heterocycles. The molecule has 2 heterocycles. The van der Waals surface area contributed by atoms with E-state index in [1.165, 1.54) is 12.1 Å². The highest BCUT2D eigenvalue weighted by Gasteiger charge is 2.40. The minimum absolute atomic E-state index is 0.0412. The molecule has 0 saturated heterocycles. The van der Waals surface area contributed by atoms with Crippen LogP contribution in [0.5, 0.6) is 0 Å². The minimum atomic E-state index is -0.533. The lowest BCUT2D eigenvalue weighted by Crippen LogP contribution is -2.42. The van der Waals surface area contributed by atoms with Gasteiger partial charge in [-0.1, -0.05) is 12.1 Å². The molecule has 0 radical (unpaired) electrons. The van der Waals surface area contributed by atoms with Gasteiger partial charge in [-0.05, 0) is 56.5 Å². The predicted molar refractivity (Wildman–Crippen MR) is 123 cm³/mol. The number of nitrogens with zero attached hydrogens (tertiary/aromatic N) is 3. The molecule has 4 rings (SSSR count). The van der Waals surface area contributed by atoms with Crippen LogP contribution in [0.4, 0.5) is 17.1 Å². The highest BCUT2D eigenvalue weighted by molar-refractivity contribution is 6.08. The number of fused-ring (bicyclic) bond motifs is 2. The molecule has 0 aliphatic carbocycles. The first kappa shape index (κ1) is 21.4. The van der Waals surface area contributed by atoms with Gasteiger partial charge in [0.2, 0.25) is 0 Å². The molecule has 2 aliphatic rings. The van der Waals surface area contributed by atoms with Gasteiger partial charge in [0.25, 0.3) is 5.69 Å². The van der Waals surface area contributed by atoms with E-state index in [1.54, 1.807) is 32.2 Å². The van der Waals surface area contributed by atoms with E-state index in [0.29, 0.717) is 22.7 Å². The molecular formula is C24H24N4O4. The fraction of sp³-hybridized carbons (Fsp3) is 0.292. The summed E-state index contributed by atoms with van der Waals surface area (Å²) in [6.45, 7) is 7.80. The zero-order valence-electron chi connectivity index (χ0n) is 18.4. The number of nitrogens with one attached hydrogen (secondary N) is 1. The van der Waals surface area contributed by atoms with Crippen molar-refractivity contribution < 1.29 is 14.5 Å². The van der Waals surface area contributed by atoms with Crippen LogP contribution in [-0.4, -0.2) is 29.5 Å². The Labute approximate surface area is 185 Å². The summed E-state index contributed by atoms with van der Waals surface area (Å²) in [5.74, 6) is -0.782. The standard InChI is InChI=1S/C24H24N4O4/c1-5-32-24(29)21-15(4)26-23-18(22(21)16-7-6-8-17(11-16)28(30)31)12-25-19-9-13(2)14(3)10-20(19)27-23/h6-12,18,22H,5H2,1-4H3,(H,26,27)/t18?,22-/m1/s1. The number of carbonyl (C=O) groups excluding carboxylic acids is 1. The molecule has 2 aromatic rings. The summed E-state index contributed by atoms with van der Waals surface area (Å²) in [5, 5.41) is 14.7. The third-order valence-electron chi connectivity index (χ3n) is 5.85. The van der Waals surface area contributed by atoms with Gasteiger partial charge in [-0.15, -0.1) is 0 Å². The van der Waals surface area contributed by atoms with E-state index in [2.05, 4.69) is 10.3 Å². The lowest BCUT2D eigenvalue weighted by atomic mass is 9.77. The van der Waals surface area contributed by atoms with Gasteiger partial charge in [0.1, 0.15) is 5.84 Å². The number of nitro groups is 1. The molecule has 0 saturated carbocycles. The molecule has 0 amide bonds.